The van der Waals surface area contributed by atoms with Gasteiger partial charge in [-0.2, -0.15) is 0 Å². The van der Waals surface area contributed by atoms with E-state index in [2.05, 4.69) is 42.7 Å². The lowest BCUT2D eigenvalue weighted by Gasteiger charge is -2.20. The van der Waals surface area contributed by atoms with Gasteiger partial charge in [-0.1, -0.05) is 12.1 Å². The molecule has 8 nitrogen and oxygen atoms in total. The number of aromatic nitrogens is 1. The van der Waals surface area contributed by atoms with E-state index < -0.39 is 18.6 Å². The normalized spacial score (nSPS) is 10.7. The molecule has 9 heteroatoms. The van der Waals surface area contributed by atoms with E-state index in [1.54, 1.807) is 35.6 Å². The number of hydrogen-bond acceptors (Lipinski definition) is 6. The van der Waals surface area contributed by atoms with Gasteiger partial charge in [-0.25, -0.2) is 4.79 Å². The van der Waals surface area contributed by atoms with E-state index >= 15 is 0 Å². The Balaban J connectivity index is 1.39. The number of aryl methyl sites for hydroxylation is 2. The summed E-state index contributed by atoms with van der Waals surface area (Å²) in [7, 11) is 1.54. The molecule has 0 aliphatic heterocycles. The summed E-state index contributed by atoms with van der Waals surface area (Å²) in [4.78, 5) is 27.8. The Kier molecular flexibility index (Phi) is 8.70. The Labute approximate surface area is 225 Å². The van der Waals surface area contributed by atoms with Gasteiger partial charge in [-0.05, 0) is 80.1 Å². The molecule has 198 valence electrons. The summed E-state index contributed by atoms with van der Waals surface area (Å²) >= 11 is 1.76. The number of nitrogens with zero attached hydrogens (tertiary/aromatic N) is 2. The zero-order valence-corrected chi connectivity index (χ0v) is 22.4. The first-order valence-corrected chi connectivity index (χ1v) is 12.9. The van der Waals surface area contributed by atoms with E-state index in [1.165, 1.54) is 16.9 Å². The highest BCUT2D eigenvalue weighted by molar-refractivity contribution is 7.15. The van der Waals surface area contributed by atoms with Crippen molar-refractivity contribution < 1.29 is 28.9 Å². The number of ether oxygens (including phenoxy) is 3. The lowest BCUT2D eigenvalue weighted by Crippen LogP contribution is -2.37. The second-order valence-electron chi connectivity index (χ2n) is 8.71. The van der Waals surface area contributed by atoms with Crippen LogP contribution in [0.1, 0.15) is 16.1 Å². The minimum Gasteiger partial charge on any atom is -0.497 e. The van der Waals surface area contributed by atoms with E-state index in [4.69, 9.17) is 14.2 Å². The maximum Gasteiger partial charge on any atom is 0.416 e. The van der Waals surface area contributed by atoms with Crippen LogP contribution in [0.25, 0.3) is 10.6 Å². The van der Waals surface area contributed by atoms with Crippen LogP contribution in [-0.4, -0.2) is 46.9 Å². The molecule has 0 bridgehead atoms. The quantitative estimate of drug-likeness (QED) is 0.254. The standard InChI is InChI=1S/C29H30N2O6S/c1-20-7-13-26(27-14-8-21(2)38-27)31(20)15-16-36-25-6-4-5-22(17-25)18-30(19-28(32)33)29(34)37-24-11-9-23(35-3)10-12-24/h4-14,17H,15-16,18-19H2,1-3H3,(H,32,33). The number of amides is 1. The lowest BCUT2D eigenvalue weighted by molar-refractivity contribution is -0.138. The molecule has 0 atom stereocenters. The Morgan fingerprint density at radius 2 is 1.71 bits per heavy atom. The van der Waals surface area contributed by atoms with Gasteiger partial charge in [0, 0.05) is 17.1 Å². The van der Waals surface area contributed by atoms with Crippen LogP contribution >= 0.6 is 11.3 Å². The highest BCUT2D eigenvalue weighted by atomic mass is 32.1. The Morgan fingerprint density at radius 1 is 0.947 bits per heavy atom. The maximum absolute atomic E-state index is 12.8. The molecule has 4 rings (SSSR count). The van der Waals surface area contributed by atoms with Gasteiger partial charge >= 0.3 is 12.1 Å². The zero-order valence-electron chi connectivity index (χ0n) is 21.5. The summed E-state index contributed by atoms with van der Waals surface area (Å²) in [6.45, 7) is 4.85. The first kappa shape index (κ1) is 26.8. The number of carbonyl (C=O) groups is 2. The van der Waals surface area contributed by atoms with Gasteiger partial charge in [0.05, 0.1) is 24.2 Å². The Morgan fingerprint density at radius 3 is 2.39 bits per heavy atom. The molecule has 2 heterocycles. The summed E-state index contributed by atoms with van der Waals surface area (Å²) in [5.41, 5.74) is 3.04. The first-order chi connectivity index (χ1) is 18.3. The molecule has 38 heavy (non-hydrogen) atoms. The average molecular weight is 535 g/mol. The van der Waals surface area contributed by atoms with E-state index in [0.717, 1.165) is 21.9 Å². The van der Waals surface area contributed by atoms with E-state index in [-0.39, 0.29) is 6.54 Å². The molecule has 1 amide bonds. The zero-order chi connectivity index (χ0) is 27.1. The molecule has 0 spiro atoms. The smallest absolute Gasteiger partial charge is 0.416 e. The van der Waals surface area contributed by atoms with Crippen LogP contribution in [0, 0.1) is 13.8 Å². The average Bonchev–Trinajstić information content (AvgIpc) is 3.49. The summed E-state index contributed by atoms with van der Waals surface area (Å²) in [6, 6.07) is 22.3. The van der Waals surface area contributed by atoms with Crippen molar-refractivity contribution in [3.8, 4) is 27.8 Å². The number of methoxy groups -OCH3 is 1. The summed E-state index contributed by atoms with van der Waals surface area (Å²) in [6.07, 6.45) is -0.761. The van der Waals surface area contributed by atoms with Crippen molar-refractivity contribution in [2.24, 2.45) is 0 Å². The number of aliphatic carboxylic acids is 1. The SMILES string of the molecule is COc1ccc(OC(=O)N(CC(=O)O)Cc2cccc(OCCn3c(C)ccc3-c3ccc(C)s3)c2)cc1. The predicted molar refractivity (Wildman–Crippen MR) is 146 cm³/mol. The minimum absolute atomic E-state index is 0.0527. The van der Waals surface area contributed by atoms with Crippen molar-refractivity contribution in [1.82, 2.24) is 9.47 Å². The van der Waals surface area contributed by atoms with Crippen molar-refractivity contribution in [3.63, 3.8) is 0 Å². The van der Waals surface area contributed by atoms with Gasteiger partial charge in [-0.15, -0.1) is 11.3 Å². The predicted octanol–water partition coefficient (Wildman–Crippen LogP) is 6.01. The van der Waals surface area contributed by atoms with Crippen molar-refractivity contribution in [2.45, 2.75) is 26.9 Å². The van der Waals surface area contributed by atoms with Crippen LogP contribution in [0.3, 0.4) is 0 Å². The van der Waals surface area contributed by atoms with Gasteiger partial charge in [0.25, 0.3) is 0 Å². The Hall–Kier alpha value is -4.24. The monoisotopic (exact) mass is 534 g/mol. The Bertz CT molecular complexity index is 1390. The van der Waals surface area contributed by atoms with Crippen LogP contribution in [0.4, 0.5) is 4.79 Å². The van der Waals surface area contributed by atoms with Crippen LogP contribution in [-0.2, 0) is 17.9 Å². The topological polar surface area (TPSA) is 90.2 Å². The van der Waals surface area contributed by atoms with Crippen molar-refractivity contribution in [3.05, 3.63) is 88.9 Å². The van der Waals surface area contributed by atoms with Crippen molar-refractivity contribution in [2.75, 3.05) is 20.3 Å². The third-order valence-corrected chi connectivity index (χ3v) is 6.92. The summed E-state index contributed by atoms with van der Waals surface area (Å²) in [5.74, 6) is 0.414. The fourth-order valence-corrected chi connectivity index (χ4v) is 4.92. The second kappa shape index (κ2) is 12.3. The van der Waals surface area contributed by atoms with Crippen LogP contribution in [0.2, 0.25) is 0 Å². The van der Waals surface area contributed by atoms with Crippen LogP contribution < -0.4 is 14.2 Å². The number of hydrogen-bond donors (Lipinski definition) is 1. The minimum atomic E-state index is -1.14. The van der Waals surface area contributed by atoms with Gasteiger partial charge < -0.3 is 23.9 Å². The van der Waals surface area contributed by atoms with Crippen molar-refractivity contribution >= 4 is 23.4 Å². The van der Waals surface area contributed by atoms with Gasteiger partial charge in [0.1, 0.15) is 30.4 Å². The van der Waals surface area contributed by atoms with Crippen molar-refractivity contribution in [1.29, 1.82) is 0 Å². The van der Waals surface area contributed by atoms with Gasteiger partial charge in [0.15, 0.2) is 0 Å². The number of thiophene rings is 1. The summed E-state index contributed by atoms with van der Waals surface area (Å²) in [5, 5.41) is 9.34. The highest BCUT2D eigenvalue weighted by Crippen LogP contribution is 2.29. The molecule has 2 aromatic carbocycles. The number of carbonyl (C=O) groups excluding carboxylic acids is 1. The molecule has 4 aromatic rings. The van der Waals surface area contributed by atoms with Gasteiger partial charge in [-0.3, -0.25) is 9.69 Å². The lowest BCUT2D eigenvalue weighted by atomic mass is 10.2. The third kappa shape index (κ3) is 6.95. The molecule has 0 saturated heterocycles. The molecular weight excluding hydrogens is 504 g/mol. The van der Waals surface area contributed by atoms with E-state index in [9.17, 15) is 14.7 Å². The first-order valence-electron chi connectivity index (χ1n) is 12.1. The number of carboxylic acid groups (broad SMARTS) is 1. The number of benzene rings is 2. The summed E-state index contributed by atoms with van der Waals surface area (Å²) < 4.78 is 18.8. The second-order valence-corrected chi connectivity index (χ2v) is 10.00. The molecule has 0 aliphatic carbocycles. The van der Waals surface area contributed by atoms with Gasteiger partial charge in [0.2, 0.25) is 0 Å². The fraction of sp³-hybridized carbons (Fsp3) is 0.241. The highest BCUT2D eigenvalue weighted by Gasteiger charge is 2.20. The molecule has 0 aliphatic rings. The largest absolute Gasteiger partial charge is 0.497 e. The third-order valence-electron chi connectivity index (χ3n) is 5.90. The molecular formula is C29H30N2O6S. The van der Waals surface area contributed by atoms with E-state index in [0.29, 0.717) is 30.4 Å². The molecule has 0 saturated carbocycles. The molecule has 1 N–H and O–H groups in total. The molecule has 0 radical (unpaired) electrons. The fourth-order valence-electron chi connectivity index (χ4n) is 4.02. The molecule has 2 aromatic heterocycles. The maximum atomic E-state index is 12.8. The number of rotatable bonds is 11. The molecule has 0 fully saturated rings. The van der Waals surface area contributed by atoms with Crippen LogP contribution in [0.5, 0.6) is 17.2 Å². The number of carboxylic acids is 1. The van der Waals surface area contributed by atoms with E-state index in [1.807, 2.05) is 24.3 Å². The molecule has 0 unspecified atom stereocenters. The van der Waals surface area contributed by atoms with Crippen LogP contribution in [0.15, 0.2) is 72.8 Å².